The number of halogens is 2. The normalized spacial score (nSPS) is 22.6. The zero-order valence-corrected chi connectivity index (χ0v) is 11.6. The Labute approximate surface area is 121 Å². The molecule has 0 aromatic carbocycles. The van der Waals surface area contributed by atoms with Gasteiger partial charge < -0.3 is 0 Å². The van der Waals surface area contributed by atoms with Crippen molar-refractivity contribution in [2.75, 3.05) is 0 Å². The largest absolute Gasteiger partial charge is 0.154 e. The summed E-state index contributed by atoms with van der Waals surface area (Å²) in [6, 6.07) is 7.49. The molecule has 3 rings (SSSR count). The van der Waals surface area contributed by atoms with E-state index in [1.54, 1.807) is 12.1 Å². The van der Waals surface area contributed by atoms with Crippen molar-refractivity contribution < 1.29 is 0 Å². The molecule has 19 heavy (non-hydrogen) atoms. The summed E-state index contributed by atoms with van der Waals surface area (Å²) in [6.45, 7) is 0. The molecule has 4 nitrogen and oxygen atoms in total. The smallest absolute Gasteiger partial charge is 0.151 e. The van der Waals surface area contributed by atoms with Crippen molar-refractivity contribution in [2.24, 2.45) is 0 Å². The molecule has 1 saturated carbocycles. The third-order valence-electron chi connectivity index (χ3n) is 3.57. The zero-order chi connectivity index (χ0) is 13.2. The second-order valence-electron chi connectivity index (χ2n) is 4.77. The minimum absolute atomic E-state index is 0.423. The molecule has 0 spiro atoms. The molecule has 1 aliphatic rings. The Morgan fingerprint density at radius 1 is 0.737 bits per heavy atom. The summed E-state index contributed by atoms with van der Waals surface area (Å²) < 4.78 is 0. The summed E-state index contributed by atoms with van der Waals surface area (Å²) in [7, 11) is 0. The minimum Gasteiger partial charge on any atom is -0.154 e. The maximum Gasteiger partial charge on any atom is 0.151 e. The van der Waals surface area contributed by atoms with E-state index in [0.29, 0.717) is 22.1 Å². The minimum atomic E-state index is 0.423. The summed E-state index contributed by atoms with van der Waals surface area (Å²) in [5, 5.41) is 17.0. The summed E-state index contributed by atoms with van der Waals surface area (Å²) in [5.74, 6) is 0.847. The van der Waals surface area contributed by atoms with Crippen molar-refractivity contribution in [2.45, 2.75) is 31.1 Å². The van der Waals surface area contributed by atoms with E-state index in [9.17, 15) is 0 Å². The molecule has 2 heterocycles. The van der Waals surface area contributed by atoms with Gasteiger partial charge in [-0.1, -0.05) is 23.2 Å². The Morgan fingerprint density at radius 2 is 1.21 bits per heavy atom. The van der Waals surface area contributed by atoms with Crippen LogP contribution in [0.1, 0.15) is 42.5 Å². The van der Waals surface area contributed by atoms with Gasteiger partial charge in [0.2, 0.25) is 0 Å². The van der Waals surface area contributed by atoms with Crippen LogP contribution < -0.4 is 0 Å². The number of rotatable bonds is 2. The fraction of sp³-hybridized carbons (Fsp3) is 0.385. The molecule has 2 aromatic heterocycles. The molecule has 0 saturated heterocycles. The van der Waals surface area contributed by atoms with Crippen molar-refractivity contribution in [1.29, 1.82) is 0 Å². The van der Waals surface area contributed by atoms with E-state index in [-0.39, 0.29) is 0 Å². The van der Waals surface area contributed by atoms with E-state index in [1.807, 2.05) is 12.1 Å². The molecule has 0 aliphatic heterocycles. The highest BCUT2D eigenvalue weighted by molar-refractivity contribution is 6.29. The van der Waals surface area contributed by atoms with Crippen molar-refractivity contribution in [3.63, 3.8) is 0 Å². The molecular weight excluding hydrogens is 283 g/mol. The molecule has 2 aromatic rings. The third-order valence-corrected chi connectivity index (χ3v) is 3.98. The van der Waals surface area contributed by atoms with Crippen LogP contribution in [0.5, 0.6) is 0 Å². The van der Waals surface area contributed by atoms with Crippen LogP contribution in [0.25, 0.3) is 0 Å². The van der Waals surface area contributed by atoms with Crippen molar-refractivity contribution >= 4 is 23.2 Å². The lowest BCUT2D eigenvalue weighted by molar-refractivity contribution is 0.642. The maximum atomic E-state index is 5.75. The van der Waals surface area contributed by atoms with Gasteiger partial charge in [0.1, 0.15) is 0 Å². The van der Waals surface area contributed by atoms with E-state index >= 15 is 0 Å². The lowest BCUT2D eigenvalue weighted by atomic mass is 9.99. The first-order valence-corrected chi connectivity index (χ1v) is 6.96. The summed E-state index contributed by atoms with van der Waals surface area (Å²) in [4.78, 5) is 0. The molecule has 2 unspecified atom stereocenters. The topological polar surface area (TPSA) is 51.6 Å². The molecule has 0 bridgehead atoms. The van der Waals surface area contributed by atoms with Crippen LogP contribution in [0.4, 0.5) is 0 Å². The molecule has 1 aliphatic carbocycles. The predicted molar refractivity (Wildman–Crippen MR) is 73.4 cm³/mol. The molecule has 0 radical (unpaired) electrons. The van der Waals surface area contributed by atoms with Crippen molar-refractivity contribution in [3.8, 4) is 0 Å². The van der Waals surface area contributed by atoms with Crippen LogP contribution in [0.2, 0.25) is 10.3 Å². The first-order valence-electron chi connectivity index (χ1n) is 6.20. The lowest BCUT2D eigenvalue weighted by Gasteiger charge is -2.09. The molecule has 98 valence electrons. The molecule has 2 atom stereocenters. The van der Waals surface area contributed by atoms with Crippen LogP contribution in [0.15, 0.2) is 24.3 Å². The number of hydrogen-bond donors (Lipinski definition) is 0. The van der Waals surface area contributed by atoms with Crippen LogP contribution in [-0.4, -0.2) is 20.4 Å². The summed E-state index contributed by atoms with van der Waals surface area (Å²) in [6.07, 6.45) is 3.20. The number of aromatic nitrogens is 4. The van der Waals surface area contributed by atoms with Gasteiger partial charge in [0.05, 0.1) is 11.4 Å². The van der Waals surface area contributed by atoms with E-state index in [4.69, 9.17) is 23.2 Å². The fourth-order valence-electron chi connectivity index (χ4n) is 2.61. The van der Waals surface area contributed by atoms with Gasteiger partial charge in [0.25, 0.3) is 0 Å². The Hall–Kier alpha value is -1.26. The Morgan fingerprint density at radius 3 is 1.58 bits per heavy atom. The second-order valence-corrected chi connectivity index (χ2v) is 5.54. The Kier molecular flexibility index (Phi) is 3.62. The van der Waals surface area contributed by atoms with Gasteiger partial charge in [0.15, 0.2) is 10.3 Å². The van der Waals surface area contributed by atoms with E-state index < -0.39 is 0 Å². The quantitative estimate of drug-likeness (QED) is 0.849. The maximum absolute atomic E-state index is 5.75. The molecule has 6 heteroatoms. The van der Waals surface area contributed by atoms with E-state index in [0.717, 1.165) is 30.7 Å². The van der Waals surface area contributed by atoms with Crippen molar-refractivity contribution in [3.05, 3.63) is 46.0 Å². The molecular formula is C13H12Cl2N4. The second kappa shape index (κ2) is 5.39. The molecule has 1 fully saturated rings. The van der Waals surface area contributed by atoms with E-state index in [1.165, 1.54) is 0 Å². The van der Waals surface area contributed by atoms with Crippen LogP contribution in [-0.2, 0) is 0 Å². The third kappa shape index (κ3) is 2.85. The average Bonchev–Trinajstić information content (AvgIpc) is 2.90. The lowest BCUT2D eigenvalue weighted by Crippen LogP contribution is -2.01. The van der Waals surface area contributed by atoms with Gasteiger partial charge in [-0.15, -0.1) is 10.2 Å². The van der Waals surface area contributed by atoms with Gasteiger partial charge in [-0.2, -0.15) is 10.2 Å². The van der Waals surface area contributed by atoms with Gasteiger partial charge in [-0.3, -0.25) is 0 Å². The van der Waals surface area contributed by atoms with Crippen LogP contribution >= 0.6 is 23.2 Å². The van der Waals surface area contributed by atoms with Crippen molar-refractivity contribution in [1.82, 2.24) is 20.4 Å². The highest BCUT2D eigenvalue weighted by Crippen LogP contribution is 2.42. The van der Waals surface area contributed by atoms with Gasteiger partial charge >= 0.3 is 0 Å². The molecule has 0 amide bonds. The SMILES string of the molecule is Clc1ccc(C2CCC(c3ccc(Cl)nn3)C2)nn1. The number of hydrogen-bond acceptors (Lipinski definition) is 4. The van der Waals surface area contributed by atoms with Gasteiger partial charge in [0, 0.05) is 11.8 Å². The van der Waals surface area contributed by atoms with E-state index in [2.05, 4.69) is 20.4 Å². The number of nitrogens with zero attached hydrogens (tertiary/aromatic N) is 4. The monoisotopic (exact) mass is 294 g/mol. The predicted octanol–water partition coefficient (Wildman–Crippen LogP) is 3.62. The average molecular weight is 295 g/mol. The summed E-state index contributed by atoms with van der Waals surface area (Å²) >= 11 is 11.5. The Balaban J connectivity index is 1.73. The van der Waals surface area contributed by atoms with Crippen LogP contribution in [0.3, 0.4) is 0 Å². The first kappa shape index (κ1) is 12.8. The highest BCUT2D eigenvalue weighted by Gasteiger charge is 2.29. The Bertz CT molecular complexity index is 504. The molecule has 0 N–H and O–H groups in total. The van der Waals surface area contributed by atoms with Gasteiger partial charge in [-0.25, -0.2) is 0 Å². The summed E-state index contributed by atoms with van der Waals surface area (Å²) in [5.41, 5.74) is 2.02. The zero-order valence-electron chi connectivity index (χ0n) is 10.1. The standard InChI is InChI=1S/C13H12Cl2N4/c14-12-5-3-10(16-18-12)8-1-2-9(7-8)11-4-6-13(15)19-17-11/h3-6,8-9H,1-2,7H2. The fourth-order valence-corrected chi connectivity index (χ4v) is 2.81. The van der Waals surface area contributed by atoms with Crippen LogP contribution in [0, 0.1) is 0 Å². The van der Waals surface area contributed by atoms with Gasteiger partial charge in [-0.05, 0) is 43.5 Å². The highest BCUT2D eigenvalue weighted by atomic mass is 35.5. The first-order chi connectivity index (χ1) is 9.22.